The molecule has 6 heteroatoms. The van der Waals surface area contributed by atoms with Gasteiger partial charge in [-0.05, 0) is 37.3 Å². The molecule has 0 radical (unpaired) electrons. The summed E-state index contributed by atoms with van der Waals surface area (Å²) in [6.45, 7) is 2.46. The molecule has 4 rings (SSSR count). The first-order chi connectivity index (χ1) is 14.7. The highest BCUT2D eigenvalue weighted by Crippen LogP contribution is 2.38. The van der Waals surface area contributed by atoms with Gasteiger partial charge >= 0.3 is 0 Å². The number of rotatable bonds is 7. The van der Waals surface area contributed by atoms with Crippen LogP contribution in [0, 0.1) is 0 Å². The number of H-pyrrole nitrogens is 1. The van der Waals surface area contributed by atoms with Gasteiger partial charge in [0.15, 0.2) is 11.5 Å². The van der Waals surface area contributed by atoms with Gasteiger partial charge < -0.3 is 14.6 Å². The molecule has 3 N–H and O–H groups in total. The van der Waals surface area contributed by atoms with Crippen LogP contribution in [0.25, 0.3) is 10.9 Å². The van der Waals surface area contributed by atoms with Gasteiger partial charge in [0.1, 0.15) is 17.3 Å². The number of nitrogens with one attached hydrogen (secondary N) is 2. The predicted molar refractivity (Wildman–Crippen MR) is 116 cm³/mol. The van der Waals surface area contributed by atoms with Crippen LogP contribution in [-0.2, 0) is 0 Å². The molecule has 0 fully saturated rings. The first kappa shape index (κ1) is 19.5. The number of phenols is 1. The van der Waals surface area contributed by atoms with Crippen LogP contribution < -0.4 is 19.8 Å². The van der Waals surface area contributed by atoms with Crippen molar-refractivity contribution in [2.75, 3.05) is 19.0 Å². The Morgan fingerprint density at radius 2 is 1.97 bits per heavy atom. The maximum atomic E-state index is 11.1. The van der Waals surface area contributed by atoms with Crippen LogP contribution in [0.4, 0.5) is 5.82 Å². The fraction of sp³-hybridized carbons (Fsp3) is 0.167. The van der Waals surface area contributed by atoms with E-state index in [1.165, 1.54) is 0 Å². The standard InChI is InChI=1S/C24H23N3O3/c1-3-30-20-15-17(10-12-19(20)29-2)22(27-21-8-4-5-13-25-21)18-11-9-16-7-6-14-26-23(16)24(18)28/h4-15,22,28H,3H2,1-2H3,(H,25,27)/p+1/t22-/m1/s1. The van der Waals surface area contributed by atoms with Gasteiger partial charge in [0.25, 0.3) is 5.82 Å². The molecule has 4 aromatic rings. The van der Waals surface area contributed by atoms with Crippen molar-refractivity contribution in [3.8, 4) is 17.2 Å². The van der Waals surface area contributed by atoms with E-state index < -0.39 is 0 Å². The lowest BCUT2D eigenvalue weighted by molar-refractivity contribution is -0.361. The van der Waals surface area contributed by atoms with Gasteiger partial charge in [-0.2, -0.15) is 0 Å². The van der Waals surface area contributed by atoms with Crippen LogP contribution in [0.1, 0.15) is 24.1 Å². The summed E-state index contributed by atoms with van der Waals surface area (Å²) < 4.78 is 11.2. The number of pyridine rings is 2. The van der Waals surface area contributed by atoms with Crippen LogP contribution in [0.2, 0.25) is 0 Å². The SMILES string of the molecule is CCOc1cc([C@@H](Nc2cccc[nH+]2)c2ccc3cccnc3c2O)ccc1OC. The van der Waals surface area contributed by atoms with Gasteiger partial charge in [-0.1, -0.05) is 24.3 Å². The molecule has 0 saturated carbocycles. The lowest BCUT2D eigenvalue weighted by Crippen LogP contribution is -2.19. The van der Waals surface area contributed by atoms with Gasteiger partial charge in [-0.15, -0.1) is 0 Å². The Morgan fingerprint density at radius 3 is 2.73 bits per heavy atom. The van der Waals surface area contributed by atoms with E-state index in [0.29, 0.717) is 29.2 Å². The van der Waals surface area contributed by atoms with Gasteiger partial charge in [-0.3, -0.25) is 10.3 Å². The monoisotopic (exact) mass is 402 g/mol. The van der Waals surface area contributed by atoms with Gasteiger partial charge in [0.05, 0.1) is 19.9 Å². The summed E-state index contributed by atoms with van der Waals surface area (Å²) in [6.07, 6.45) is 3.53. The number of nitrogens with zero attached hydrogens (tertiary/aromatic N) is 1. The van der Waals surface area contributed by atoms with Crippen molar-refractivity contribution in [1.82, 2.24) is 4.98 Å². The fourth-order valence-corrected chi connectivity index (χ4v) is 3.50. The van der Waals surface area contributed by atoms with E-state index >= 15 is 0 Å². The lowest BCUT2D eigenvalue weighted by Gasteiger charge is -2.19. The average Bonchev–Trinajstić information content (AvgIpc) is 2.79. The van der Waals surface area contributed by atoms with E-state index in [2.05, 4.69) is 15.3 Å². The molecular weight excluding hydrogens is 378 g/mol. The van der Waals surface area contributed by atoms with Gasteiger partial charge in [0, 0.05) is 28.8 Å². The van der Waals surface area contributed by atoms with Crippen molar-refractivity contribution in [1.29, 1.82) is 0 Å². The minimum Gasteiger partial charge on any atom is -0.505 e. The molecule has 1 atom stereocenters. The van der Waals surface area contributed by atoms with Gasteiger partial charge in [0.2, 0.25) is 0 Å². The number of phenolic OH excluding ortho intramolecular Hbond substituents is 1. The molecule has 152 valence electrons. The number of methoxy groups -OCH3 is 1. The molecule has 2 heterocycles. The zero-order valence-electron chi connectivity index (χ0n) is 16.9. The number of aromatic hydroxyl groups is 1. The van der Waals surface area contributed by atoms with E-state index in [4.69, 9.17) is 9.47 Å². The van der Waals surface area contributed by atoms with E-state index in [9.17, 15) is 5.11 Å². The molecule has 2 aromatic carbocycles. The first-order valence-corrected chi connectivity index (χ1v) is 9.82. The Hall–Kier alpha value is -3.80. The van der Waals surface area contributed by atoms with Crippen LogP contribution in [0.5, 0.6) is 17.2 Å². The molecule has 0 bridgehead atoms. The maximum absolute atomic E-state index is 11.1. The molecule has 0 aliphatic rings. The summed E-state index contributed by atoms with van der Waals surface area (Å²) in [7, 11) is 1.62. The Balaban J connectivity index is 1.85. The lowest BCUT2D eigenvalue weighted by atomic mass is 9.95. The van der Waals surface area contributed by atoms with E-state index in [1.54, 1.807) is 13.3 Å². The number of hydrogen-bond acceptors (Lipinski definition) is 5. The molecular formula is C24H24N3O3+. The zero-order chi connectivity index (χ0) is 20.9. The molecule has 0 saturated heterocycles. The topological polar surface area (TPSA) is 77.8 Å². The summed E-state index contributed by atoms with van der Waals surface area (Å²) in [5.74, 6) is 2.28. The number of aromatic amines is 1. The third-order valence-corrected chi connectivity index (χ3v) is 4.92. The van der Waals surface area contributed by atoms with E-state index in [0.717, 1.165) is 16.8 Å². The predicted octanol–water partition coefficient (Wildman–Crippen LogP) is 4.36. The number of hydrogen-bond donors (Lipinski definition) is 2. The third-order valence-electron chi connectivity index (χ3n) is 4.92. The molecule has 0 spiro atoms. The maximum Gasteiger partial charge on any atom is 0.272 e. The van der Waals surface area contributed by atoms with Crippen molar-refractivity contribution >= 4 is 16.7 Å². The minimum absolute atomic E-state index is 0.148. The summed E-state index contributed by atoms with van der Waals surface area (Å²) in [5, 5.41) is 15.4. The van der Waals surface area contributed by atoms with Crippen LogP contribution in [-0.4, -0.2) is 23.8 Å². The first-order valence-electron chi connectivity index (χ1n) is 9.82. The normalized spacial score (nSPS) is 11.8. The van der Waals surface area contributed by atoms with E-state index in [1.807, 2.05) is 73.8 Å². The van der Waals surface area contributed by atoms with E-state index in [-0.39, 0.29) is 11.8 Å². The van der Waals surface area contributed by atoms with Gasteiger partial charge in [-0.25, -0.2) is 4.98 Å². The molecule has 0 unspecified atom stereocenters. The average molecular weight is 402 g/mol. The van der Waals surface area contributed by atoms with Crippen LogP contribution in [0.3, 0.4) is 0 Å². The van der Waals surface area contributed by atoms with Crippen LogP contribution >= 0.6 is 0 Å². The van der Waals surface area contributed by atoms with Crippen molar-refractivity contribution in [2.45, 2.75) is 13.0 Å². The Labute approximate surface area is 175 Å². The zero-order valence-corrected chi connectivity index (χ0v) is 16.9. The van der Waals surface area contributed by atoms with Crippen molar-refractivity contribution in [3.05, 3.63) is 84.2 Å². The largest absolute Gasteiger partial charge is 0.505 e. The Bertz CT molecular complexity index is 1150. The summed E-state index contributed by atoms with van der Waals surface area (Å²) in [4.78, 5) is 7.56. The highest BCUT2D eigenvalue weighted by molar-refractivity contribution is 5.86. The second kappa shape index (κ2) is 8.69. The number of aromatic nitrogens is 2. The fourth-order valence-electron chi connectivity index (χ4n) is 3.50. The number of fused-ring (bicyclic) bond motifs is 1. The molecule has 0 aliphatic heterocycles. The molecule has 0 aliphatic carbocycles. The quantitative estimate of drug-likeness (QED) is 0.480. The number of ether oxygens (including phenoxy) is 2. The second-order valence-electron chi connectivity index (χ2n) is 6.78. The van der Waals surface area contributed by atoms with Crippen LogP contribution in [0.15, 0.2) is 73.1 Å². The smallest absolute Gasteiger partial charge is 0.272 e. The Morgan fingerprint density at radius 1 is 1.07 bits per heavy atom. The summed E-state index contributed by atoms with van der Waals surface area (Å²) in [5.41, 5.74) is 2.20. The molecule has 2 aromatic heterocycles. The number of benzene rings is 2. The summed E-state index contributed by atoms with van der Waals surface area (Å²) in [6, 6.07) is 18.9. The van der Waals surface area contributed by atoms with Crippen molar-refractivity contribution in [3.63, 3.8) is 0 Å². The minimum atomic E-state index is -0.347. The third kappa shape index (κ3) is 3.85. The summed E-state index contributed by atoms with van der Waals surface area (Å²) >= 11 is 0. The molecule has 0 amide bonds. The molecule has 30 heavy (non-hydrogen) atoms. The van der Waals surface area contributed by atoms with Crippen molar-refractivity contribution < 1.29 is 19.6 Å². The highest BCUT2D eigenvalue weighted by Gasteiger charge is 2.25. The highest BCUT2D eigenvalue weighted by atomic mass is 16.5. The number of anilines is 1. The second-order valence-corrected chi connectivity index (χ2v) is 6.78. The Kier molecular flexibility index (Phi) is 5.66. The van der Waals surface area contributed by atoms with Crippen molar-refractivity contribution in [2.24, 2.45) is 0 Å². The molecule has 6 nitrogen and oxygen atoms in total.